The van der Waals surface area contributed by atoms with Gasteiger partial charge in [-0.1, -0.05) is 12.1 Å². The van der Waals surface area contributed by atoms with E-state index in [-0.39, 0.29) is 11.8 Å². The Hall–Kier alpha value is -2.69. The molecule has 0 saturated heterocycles. The summed E-state index contributed by atoms with van der Waals surface area (Å²) in [5.74, 6) is -0.179. The van der Waals surface area contributed by atoms with Crippen LogP contribution in [0.5, 0.6) is 0 Å². The van der Waals surface area contributed by atoms with E-state index in [0.717, 1.165) is 5.56 Å². The number of imide groups is 1. The van der Waals surface area contributed by atoms with Gasteiger partial charge in [0.05, 0.1) is 17.4 Å². The molecule has 0 aliphatic carbocycles. The molecule has 0 atom stereocenters. The van der Waals surface area contributed by atoms with Crippen molar-refractivity contribution in [1.29, 1.82) is 0 Å². The lowest BCUT2D eigenvalue weighted by Gasteiger charge is -1.88. The minimum absolute atomic E-state index is 0.300. The Balaban J connectivity index is 0.000000148. The van der Waals surface area contributed by atoms with Crippen LogP contribution in [0.25, 0.3) is 0 Å². The Bertz CT molecular complexity index is 609. The topological polar surface area (TPSA) is 76.4 Å². The van der Waals surface area contributed by atoms with Crippen molar-refractivity contribution in [3.05, 3.63) is 59.0 Å². The first-order valence-electron chi connectivity index (χ1n) is 5.57. The van der Waals surface area contributed by atoms with Gasteiger partial charge in [0.15, 0.2) is 12.0 Å². The number of hydrogen-bond donors (Lipinski definition) is 1. The van der Waals surface area contributed by atoms with E-state index < -0.39 is 0 Å². The van der Waals surface area contributed by atoms with Crippen LogP contribution in [-0.4, -0.2) is 18.1 Å². The van der Waals surface area contributed by atoms with E-state index in [4.69, 9.17) is 4.42 Å². The molecule has 0 bridgehead atoms. The van der Waals surface area contributed by atoms with Crippen LogP contribution in [0.4, 0.5) is 0 Å². The van der Waals surface area contributed by atoms with E-state index in [1.165, 1.54) is 6.26 Å². The summed E-state index contributed by atoms with van der Waals surface area (Å²) in [4.78, 5) is 31.9. The van der Waals surface area contributed by atoms with E-state index in [1.54, 1.807) is 30.3 Å². The van der Waals surface area contributed by atoms with Crippen LogP contribution in [0.3, 0.4) is 0 Å². The number of amides is 2. The van der Waals surface area contributed by atoms with Gasteiger partial charge in [-0.05, 0) is 30.7 Å². The van der Waals surface area contributed by atoms with Crippen molar-refractivity contribution < 1.29 is 18.8 Å². The molecular formula is C14H11NO4. The monoisotopic (exact) mass is 257 g/mol. The third-order valence-electron chi connectivity index (χ3n) is 2.65. The molecule has 1 aromatic heterocycles. The Morgan fingerprint density at radius 2 is 1.63 bits per heavy atom. The van der Waals surface area contributed by atoms with Gasteiger partial charge in [-0.15, -0.1) is 0 Å². The fourth-order valence-corrected chi connectivity index (χ4v) is 1.62. The number of fused-ring (bicyclic) bond motifs is 1. The first kappa shape index (κ1) is 12.8. The zero-order valence-electron chi connectivity index (χ0n) is 10.2. The van der Waals surface area contributed by atoms with Crippen molar-refractivity contribution in [2.24, 2.45) is 0 Å². The lowest BCUT2D eigenvalue weighted by atomic mass is 10.1. The Morgan fingerprint density at radius 3 is 2.00 bits per heavy atom. The molecule has 0 fully saturated rings. The van der Waals surface area contributed by atoms with Crippen LogP contribution in [0.1, 0.15) is 36.8 Å². The molecule has 0 saturated carbocycles. The van der Waals surface area contributed by atoms with E-state index in [1.807, 2.05) is 6.92 Å². The lowest BCUT2D eigenvalue weighted by molar-refractivity contribution is 0.0879. The molecule has 1 aromatic carbocycles. The quantitative estimate of drug-likeness (QED) is 0.626. The standard InChI is InChI=1S/C8H5NO2.C6H6O2/c10-7-5-3-1-2-4-6(5)8(11)9-7;1-5-2-3-8-6(5)4-7/h1-4H,(H,9,10,11);2-4H,1H3. The van der Waals surface area contributed by atoms with Crippen molar-refractivity contribution >= 4 is 18.1 Å². The van der Waals surface area contributed by atoms with Crippen molar-refractivity contribution in [1.82, 2.24) is 5.32 Å². The molecule has 0 spiro atoms. The van der Waals surface area contributed by atoms with Crippen molar-refractivity contribution in [2.45, 2.75) is 6.92 Å². The van der Waals surface area contributed by atoms with Gasteiger partial charge in [0.2, 0.25) is 0 Å². The predicted octanol–water partition coefficient (Wildman–Crippen LogP) is 1.97. The van der Waals surface area contributed by atoms with E-state index in [9.17, 15) is 14.4 Å². The summed E-state index contributed by atoms with van der Waals surface area (Å²) in [7, 11) is 0. The second-order valence-corrected chi connectivity index (χ2v) is 3.91. The number of aldehydes is 1. The summed E-state index contributed by atoms with van der Waals surface area (Å²) in [5.41, 5.74) is 1.83. The number of rotatable bonds is 1. The Labute approximate surface area is 109 Å². The molecule has 2 heterocycles. The molecule has 1 aliphatic heterocycles. The minimum Gasteiger partial charge on any atom is -0.461 e. The van der Waals surface area contributed by atoms with Gasteiger partial charge < -0.3 is 4.42 Å². The molecule has 5 heteroatoms. The maximum Gasteiger partial charge on any atom is 0.258 e. The highest BCUT2D eigenvalue weighted by Crippen LogP contribution is 2.13. The number of carbonyl (C=O) groups is 3. The van der Waals surface area contributed by atoms with Crippen LogP contribution in [0.2, 0.25) is 0 Å². The molecule has 1 aliphatic rings. The van der Waals surface area contributed by atoms with Crippen molar-refractivity contribution in [3.63, 3.8) is 0 Å². The second kappa shape index (κ2) is 5.30. The molecule has 5 nitrogen and oxygen atoms in total. The average molecular weight is 257 g/mol. The fourth-order valence-electron chi connectivity index (χ4n) is 1.62. The number of aryl methyl sites for hydroxylation is 1. The molecule has 96 valence electrons. The number of nitrogens with one attached hydrogen (secondary N) is 1. The van der Waals surface area contributed by atoms with Crippen LogP contribution in [0, 0.1) is 6.92 Å². The van der Waals surface area contributed by atoms with Gasteiger partial charge in [-0.25, -0.2) is 0 Å². The number of benzene rings is 1. The molecule has 1 N–H and O–H groups in total. The summed E-state index contributed by atoms with van der Waals surface area (Å²) in [6, 6.07) is 8.49. The van der Waals surface area contributed by atoms with Gasteiger partial charge in [-0.2, -0.15) is 0 Å². The number of carbonyl (C=O) groups excluding carboxylic acids is 3. The highest BCUT2D eigenvalue weighted by molar-refractivity contribution is 6.21. The van der Waals surface area contributed by atoms with Gasteiger partial charge in [0.1, 0.15) is 0 Å². The van der Waals surface area contributed by atoms with Crippen LogP contribution < -0.4 is 5.32 Å². The minimum atomic E-state index is -0.300. The van der Waals surface area contributed by atoms with E-state index in [2.05, 4.69) is 5.32 Å². The van der Waals surface area contributed by atoms with E-state index in [0.29, 0.717) is 23.2 Å². The molecule has 3 rings (SSSR count). The number of hydrogen-bond acceptors (Lipinski definition) is 4. The molecule has 2 amide bonds. The Kier molecular flexibility index (Phi) is 3.56. The largest absolute Gasteiger partial charge is 0.461 e. The molecule has 0 unspecified atom stereocenters. The fraction of sp³-hybridized carbons (Fsp3) is 0.0714. The summed E-state index contributed by atoms with van der Waals surface area (Å²) in [6.45, 7) is 1.83. The van der Waals surface area contributed by atoms with Crippen LogP contribution in [0.15, 0.2) is 41.0 Å². The van der Waals surface area contributed by atoms with Crippen molar-refractivity contribution in [2.75, 3.05) is 0 Å². The molecule has 2 aromatic rings. The summed E-state index contributed by atoms with van der Waals surface area (Å²) in [6.07, 6.45) is 2.20. The predicted molar refractivity (Wildman–Crippen MR) is 67.1 cm³/mol. The first-order chi connectivity index (χ1) is 9.13. The number of furan rings is 1. The Morgan fingerprint density at radius 1 is 1.05 bits per heavy atom. The summed E-state index contributed by atoms with van der Waals surface area (Å²) < 4.78 is 4.75. The van der Waals surface area contributed by atoms with Crippen LogP contribution in [-0.2, 0) is 0 Å². The molecular weight excluding hydrogens is 246 g/mol. The highest BCUT2D eigenvalue weighted by atomic mass is 16.3. The third kappa shape index (κ3) is 2.60. The smallest absolute Gasteiger partial charge is 0.258 e. The normalized spacial score (nSPS) is 12.3. The van der Waals surface area contributed by atoms with Crippen LogP contribution >= 0.6 is 0 Å². The van der Waals surface area contributed by atoms with Gasteiger partial charge >= 0.3 is 0 Å². The molecule has 19 heavy (non-hydrogen) atoms. The van der Waals surface area contributed by atoms with E-state index >= 15 is 0 Å². The van der Waals surface area contributed by atoms with Crippen molar-refractivity contribution in [3.8, 4) is 0 Å². The zero-order valence-corrected chi connectivity index (χ0v) is 10.2. The lowest BCUT2D eigenvalue weighted by Crippen LogP contribution is -2.19. The average Bonchev–Trinajstić information content (AvgIpc) is 2.96. The highest BCUT2D eigenvalue weighted by Gasteiger charge is 2.25. The van der Waals surface area contributed by atoms with Gasteiger partial charge in [0.25, 0.3) is 11.8 Å². The maximum absolute atomic E-state index is 10.9. The SMILES string of the molecule is Cc1ccoc1C=O.O=C1NC(=O)c2ccccc21. The summed E-state index contributed by atoms with van der Waals surface area (Å²) in [5, 5.41) is 2.20. The summed E-state index contributed by atoms with van der Waals surface area (Å²) >= 11 is 0. The zero-order chi connectivity index (χ0) is 13.8. The first-order valence-corrected chi connectivity index (χ1v) is 5.57. The third-order valence-corrected chi connectivity index (χ3v) is 2.65. The second-order valence-electron chi connectivity index (χ2n) is 3.91. The van der Waals surface area contributed by atoms with Gasteiger partial charge in [0, 0.05) is 0 Å². The molecule has 0 radical (unpaired) electrons. The maximum atomic E-state index is 10.9. The van der Waals surface area contributed by atoms with Gasteiger partial charge in [-0.3, -0.25) is 19.7 Å².